The predicted molar refractivity (Wildman–Crippen MR) is 62.6 cm³/mol. The first-order valence-corrected chi connectivity index (χ1v) is 7.89. The molecule has 0 aromatic heterocycles. The Morgan fingerprint density at radius 3 is 2.62 bits per heavy atom. The minimum Gasteiger partial charge on any atom is -0.315 e. The first kappa shape index (κ1) is 11.0. The summed E-state index contributed by atoms with van der Waals surface area (Å²) < 4.78 is 26.7. The molecule has 2 heterocycles. The van der Waals surface area contributed by atoms with Gasteiger partial charge in [-0.05, 0) is 44.6 Å². The lowest BCUT2D eigenvalue weighted by Gasteiger charge is -2.32. The van der Waals surface area contributed by atoms with Crippen molar-refractivity contribution in [1.82, 2.24) is 9.62 Å². The highest BCUT2D eigenvalue weighted by Gasteiger charge is 2.46. The quantitative estimate of drug-likeness (QED) is 0.772. The third kappa shape index (κ3) is 1.69. The fourth-order valence-electron chi connectivity index (χ4n) is 3.46. The van der Waals surface area contributed by atoms with Crippen LogP contribution in [0.2, 0.25) is 0 Å². The van der Waals surface area contributed by atoms with Crippen LogP contribution in [0.3, 0.4) is 0 Å². The van der Waals surface area contributed by atoms with Crippen molar-refractivity contribution < 1.29 is 8.42 Å². The first-order chi connectivity index (χ1) is 7.68. The summed E-state index contributed by atoms with van der Waals surface area (Å²) in [5, 5.41) is 3.04. The van der Waals surface area contributed by atoms with Crippen molar-refractivity contribution in [1.29, 1.82) is 0 Å². The van der Waals surface area contributed by atoms with Gasteiger partial charge in [0.25, 0.3) is 0 Å². The number of sulfonamides is 1. The molecular weight excluding hydrogens is 224 g/mol. The summed E-state index contributed by atoms with van der Waals surface area (Å²) in [6.07, 6.45) is 5.26. The zero-order valence-electron chi connectivity index (χ0n) is 9.56. The fourth-order valence-corrected chi connectivity index (χ4v) is 5.66. The topological polar surface area (TPSA) is 49.4 Å². The van der Waals surface area contributed by atoms with Crippen molar-refractivity contribution >= 4 is 10.0 Å². The molecule has 2 bridgehead atoms. The van der Waals surface area contributed by atoms with Crippen molar-refractivity contribution in [3.8, 4) is 0 Å². The fraction of sp³-hybridized carbons (Fsp3) is 1.00. The lowest BCUT2D eigenvalue weighted by Crippen LogP contribution is -2.48. The molecule has 2 aliphatic heterocycles. The number of hydrogen-bond donors (Lipinski definition) is 1. The van der Waals surface area contributed by atoms with Gasteiger partial charge in [-0.25, -0.2) is 8.42 Å². The van der Waals surface area contributed by atoms with Crippen LogP contribution in [-0.4, -0.2) is 43.6 Å². The Morgan fingerprint density at radius 2 is 2.06 bits per heavy atom. The molecule has 3 atom stereocenters. The second-order valence-electron chi connectivity index (χ2n) is 5.42. The van der Waals surface area contributed by atoms with Crippen LogP contribution >= 0.6 is 0 Å². The first-order valence-electron chi connectivity index (χ1n) is 6.39. The summed E-state index contributed by atoms with van der Waals surface area (Å²) >= 11 is 0. The van der Waals surface area contributed by atoms with Crippen LogP contribution in [0.25, 0.3) is 0 Å². The lowest BCUT2D eigenvalue weighted by molar-refractivity contribution is 0.324. The second kappa shape index (κ2) is 3.96. The zero-order chi connectivity index (χ0) is 11.2. The van der Waals surface area contributed by atoms with Crippen molar-refractivity contribution in [3.63, 3.8) is 0 Å². The average Bonchev–Trinajstić information content (AvgIpc) is 2.92. The van der Waals surface area contributed by atoms with E-state index in [1.54, 1.807) is 0 Å². The van der Waals surface area contributed by atoms with Gasteiger partial charge in [0.1, 0.15) is 0 Å². The Bertz CT molecular complexity index is 362. The molecule has 2 saturated heterocycles. The van der Waals surface area contributed by atoms with Gasteiger partial charge in [0.15, 0.2) is 0 Å². The molecule has 3 aliphatic rings. The van der Waals surface area contributed by atoms with Gasteiger partial charge in [-0.3, -0.25) is 0 Å². The molecule has 1 saturated carbocycles. The second-order valence-corrected chi connectivity index (χ2v) is 7.58. The predicted octanol–water partition coefficient (Wildman–Crippen LogP) is 0.552. The summed E-state index contributed by atoms with van der Waals surface area (Å²) in [5.41, 5.74) is 0. The molecule has 16 heavy (non-hydrogen) atoms. The summed E-state index contributed by atoms with van der Waals surface area (Å²) in [5.74, 6) is 0.649. The van der Waals surface area contributed by atoms with E-state index in [1.165, 1.54) is 6.42 Å². The third-order valence-electron chi connectivity index (χ3n) is 4.36. The third-order valence-corrected chi connectivity index (χ3v) is 6.70. The normalized spacial score (nSPS) is 40.4. The molecule has 1 N–H and O–H groups in total. The molecule has 0 amide bonds. The molecule has 0 spiro atoms. The van der Waals surface area contributed by atoms with Gasteiger partial charge in [-0.1, -0.05) is 0 Å². The van der Waals surface area contributed by atoms with E-state index in [4.69, 9.17) is 0 Å². The molecule has 92 valence electrons. The molecule has 3 unspecified atom stereocenters. The van der Waals surface area contributed by atoms with E-state index in [9.17, 15) is 8.42 Å². The number of hydrogen-bond acceptors (Lipinski definition) is 3. The molecule has 3 fully saturated rings. The van der Waals surface area contributed by atoms with Crippen molar-refractivity contribution in [2.24, 2.45) is 5.92 Å². The van der Waals surface area contributed by atoms with Crippen LogP contribution in [-0.2, 0) is 10.0 Å². The zero-order valence-corrected chi connectivity index (χ0v) is 10.4. The Labute approximate surface area is 97.4 Å². The molecule has 1 aliphatic carbocycles. The molecule has 5 heteroatoms. The highest BCUT2D eigenvalue weighted by Crippen LogP contribution is 2.40. The van der Waals surface area contributed by atoms with Gasteiger partial charge in [-0.15, -0.1) is 0 Å². The maximum atomic E-state index is 12.5. The number of fused-ring (bicyclic) bond motifs is 2. The van der Waals surface area contributed by atoms with E-state index in [0.29, 0.717) is 18.5 Å². The van der Waals surface area contributed by atoms with Crippen LogP contribution in [0.1, 0.15) is 32.1 Å². The molecule has 4 nitrogen and oxygen atoms in total. The van der Waals surface area contributed by atoms with Crippen LogP contribution in [0, 0.1) is 5.92 Å². The summed E-state index contributed by atoms with van der Waals surface area (Å²) in [4.78, 5) is 0. The number of nitrogens with one attached hydrogen (secondary N) is 1. The Balaban J connectivity index is 1.77. The van der Waals surface area contributed by atoms with E-state index in [1.807, 2.05) is 4.31 Å². The van der Waals surface area contributed by atoms with Crippen LogP contribution in [0.5, 0.6) is 0 Å². The number of piperidine rings is 2. The van der Waals surface area contributed by atoms with Gasteiger partial charge in [0.05, 0.1) is 5.25 Å². The van der Waals surface area contributed by atoms with Crippen LogP contribution < -0.4 is 5.32 Å². The van der Waals surface area contributed by atoms with Gasteiger partial charge < -0.3 is 5.32 Å². The highest BCUT2D eigenvalue weighted by atomic mass is 32.2. The molecule has 0 radical (unpaired) electrons. The van der Waals surface area contributed by atoms with E-state index >= 15 is 0 Å². The summed E-state index contributed by atoms with van der Waals surface area (Å²) in [6.45, 7) is 2.41. The summed E-state index contributed by atoms with van der Waals surface area (Å²) in [7, 11) is -3.02. The standard InChI is InChI=1S/C11H20N2O2S/c14-16(15,11-2-1-5-12-7-11)13-8-9-3-4-10(13)6-9/h9-12H,1-8H2. The molecule has 0 aromatic carbocycles. The largest absolute Gasteiger partial charge is 0.315 e. The van der Waals surface area contributed by atoms with Crippen molar-refractivity contribution in [3.05, 3.63) is 0 Å². The van der Waals surface area contributed by atoms with E-state index < -0.39 is 10.0 Å². The van der Waals surface area contributed by atoms with E-state index in [-0.39, 0.29) is 5.25 Å². The van der Waals surface area contributed by atoms with E-state index in [0.717, 1.165) is 38.8 Å². The molecular formula is C11H20N2O2S. The lowest BCUT2D eigenvalue weighted by atomic mass is 10.1. The maximum Gasteiger partial charge on any atom is 0.218 e. The molecule has 3 rings (SSSR count). The minimum absolute atomic E-state index is 0.166. The van der Waals surface area contributed by atoms with Gasteiger partial charge in [0.2, 0.25) is 10.0 Å². The van der Waals surface area contributed by atoms with Crippen LogP contribution in [0.4, 0.5) is 0 Å². The summed E-state index contributed by atoms with van der Waals surface area (Å²) in [6, 6.07) is 0.330. The number of nitrogens with zero attached hydrogens (tertiary/aromatic N) is 1. The number of rotatable bonds is 2. The highest BCUT2D eigenvalue weighted by molar-refractivity contribution is 7.89. The Kier molecular flexibility index (Phi) is 2.72. The van der Waals surface area contributed by atoms with Gasteiger partial charge >= 0.3 is 0 Å². The van der Waals surface area contributed by atoms with Gasteiger partial charge in [0, 0.05) is 19.1 Å². The Morgan fingerprint density at radius 1 is 1.19 bits per heavy atom. The smallest absolute Gasteiger partial charge is 0.218 e. The minimum atomic E-state index is -3.02. The van der Waals surface area contributed by atoms with E-state index in [2.05, 4.69) is 5.32 Å². The van der Waals surface area contributed by atoms with Crippen molar-refractivity contribution in [2.45, 2.75) is 43.4 Å². The maximum absolute atomic E-state index is 12.5. The SMILES string of the molecule is O=S(=O)(C1CCCNC1)N1CC2CCC1C2. The monoisotopic (exact) mass is 244 g/mol. The van der Waals surface area contributed by atoms with Crippen LogP contribution in [0.15, 0.2) is 0 Å². The van der Waals surface area contributed by atoms with Gasteiger partial charge in [-0.2, -0.15) is 4.31 Å². The van der Waals surface area contributed by atoms with Crippen molar-refractivity contribution in [2.75, 3.05) is 19.6 Å². The average molecular weight is 244 g/mol. The molecule has 0 aromatic rings. The Hall–Kier alpha value is -0.130.